The molecule has 1 aliphatic carbocycles. The van der Waals surface area contributed by atoms with Gasteiger partial charge in [0.1, 0.15) is 24.4 Å². The second-order valence-corrected chi connectivity index (χ2v) is 16.5. The molecule has 51 heavy (non-hydrogen) atoms. The number of ether oxygens (including phenoxy) is 2. The van der Waals surface area contributed by atoms with E-state index in [2.05, 4.69) is 19.2 Å². The van der Waals surface area contributed by atoms with E-state index < -0.39 is 55.5 Å². The highest BCUT2D eigenvalue weighted by atomic mass is 16.7. The Labute approximate surface area is 310 Å². The third kappa shape index (κ3) is 16.7. The Hall–Kier alpha value is -0.720. The van der Waals surface area contributed by atoms with Gasteiger partial charge in [0, 0.05) is 16.1 Å². The van der Waals surface area contributed by atoms with Crippen molar-refractivity contribution < 1.29 is 39.8 Å². The van der Waals surface area contributed by atoms with Crippen LogP contribution in [0.1, 0.15) is 174 Å². The first-order valence-corrected chi connectivity index (χ1v) is 21.6. The molecule has 3 rings (SSSR count). The van der Waals surface area contributed by atoms with Gasteiger partial charge < -0.3 is 35.0 Å². The van der Waals surface area contributed by atoms with Crippen LogP contribution in [0.3, 0.4) is 0 Å². The molecule has 9 unspecified atom stereocenters. The van der Waals surface area contributed by atoms with Gasteiger partial charge in [-0.3, -0.25) is 0 Å². The van der Waals surface area contributed by atoms with Gasteiger partial charge in [-0.15, -0.1) is 0 Å². The molecule has 300 valence electrons. The van der Waals surface area contributed by atoms with Crippen LogP contribution in [0, 0.1) is 22.7 Å². The van der Waals surface area contributed by atoms with E-state index >= 15 is 0 Å². The van der Waals surface area contributed by atoms with Crippen molar-refractivity contribution in [3.05, 3.63) is 4.91 Å². The molecule has 0 aromatic heterocycles. The van der Waals surface area contributed by atoms with Crippen LogP contribution in [0.2, 0.25) is 0 Å². The van der Waals surface area contributed by atoms with Crippen LogP contribution in [0.5, 0.6) is 0 Å². The summed E-state index contributed by atoms with van der Waals surface area (Å²) in [7, 11) is 0. The molecule has 10 heteroatoms. The van der Waals surface area contributed by atoms with Crippen molar-refractivity contribution in [2.24, 2.45) is 17.8 Å². The number of nitroso groups, excluding NO2 is 1. The summed E-state index contributed by atoms with van der Waals surface area (Å²) >= 11 is 0. The number of hydrogen-bond donors (Lipinski definition) is 6. The number of rotatable bonds is 31. The lowest BCUT2D eigenvalue weighted by molar-refractivity contribution is -0.610. The first-order valence-electron chi connectivity index (χ1n) is 21.6. The SMILES string of the molecule is CCCCCCCCCCCCCCC[C@@H](O)[C@H](COC1OC(CO)C(O)C(O)C1O)C1NCC(CCCCCCCCCCC2CC2C)[N+]1=O. The summed E-state index contributed by atoms with van der Waals surface area (Å²) in [6.07, 6.45) is 22.0. The van der Waals surface area contributed by atoms with Crippen LogP contribution in [0.15, 0.2) is 0 Å². The van der Waals surface area contributed by atoms with E-state index in [0.29, 0.717) is 13.0 Å². The van der Waals surface area contributed by atoms with Gasteiger partial charge in [0.15, 0.2) is 6.29 Å². The summed E-state index contributed by atoms with van der Waals surface area (Å²) in [6.45, 7) is 4.55. The van der Waals surface area contributed by atoms with E-state index in [1.807, 2.05) is 0 Å². The van der Waals surface area contributed by atoms with Crippen molar-refractivity contribution in [2.75, 3.05) is 19.8 Å². The van der Waals surface area contributed by atoms with Crippen molar-refractivity contribution in [1.29, 1.82) is 0 Å². The highest BCUT2D eigenvalue weighted by Gasteiger charge is 2.49. The van der Waals surface area contributed by atoms with E-state index in [4.69, 9.17) is 9.47 Å². The van der Waals surface area contributed by atoms with Crippen molar-refractivity contribution in [1.82, 2.24) is 5.32 Å². The standard InChI is InChI=1S/C41H79N2O8/c1-3-4-5-6-7-8-9-10-11-12-17-20-23-26-35(45)34(30-50-41-39(48)38(47)37(46)36(29-44)51-41)40-42-28-33(43(40)49)25-22-19-16-14-13-15-18-21-24-32-27-31(32)2/h31-42,44-48H,3-30H2,1-2H3/q+1/t31?,32?,33?,34-,35+,36?,37?,38?,39?,40?,41?/m0/s1. The molecule has 1 saturated carbocycles. The molecule has 0 spiro atoms. The average Bonchev–Trinajstić information content (AvgIpc) is 3.72. The zero-order valence-corrected chi connectivity index (χ0v) is 32.6. The Balaban J connectivity index is 1.38. The van der Waals surface area contributed by atoms with Gasteiger partial charge in [0.25, 0.3) is 6.17 Å². The fourth-order valence-corrected chi connectivity index (χ4v) is 8.29. The molecule has 3 aliphatic rings. The van der Waals surface area contributed by atoms with Gasteiger partial charge in [-0.1, -0.05) is 149 Å². The average molecular weight is 728 g/mol. The lowest BCUT2D eigenvalue weighted by atomic mass is 9.94. The van der Waals surface area contributed by atoms with E-state index in [-0.39, 0.29) is 12.6 Å². The van der Waals surface area contributed by atoms with Gasteiger partial charge in [0.05, 0.1) is 31.8 Å². The molecule has 2 aliphatic heterocycles. The Kier molecular flexibility index (Phi) is 22.9. The Morgan fingerprint density at radius 3 is 1.78 bits per heavy atom. The molecule has 3 fully saturated rings. The van der Waals surface area contributed by atoms with E-state index in [1.165, 1.54) is 116 Å². The number of nitrogens with one attached hydrogen (secondary N) is 1. The molecule has 2 saturated heterocycles. The molecule has 0 aromatic rings. The number of unbranched alkanes of at least 4 members (excludes halogenated alkanes) is 19. The minimum atomic E-state index is -1.55. The number of aliphatic hydroxyl groups excluding tert-OH is 5. The highest BCUT2D eigenvalue weighted by Crippen LogP contribution is 2.41. The molecule has 0 radical (unpaired) electrons. The van der Waals surface area contributed by atoms with E-state index in [0.717, 1.165) is 55.1 Å². The van der Waals surface area contributed by atoms with Crippen LogP contribution in [-0.4, -0.2) is 99.1 Å². The first kappa shape index (κ1) is 44.7. The maximum absolute atomic E-state index is 13.6. The summed E-state index contributed by atoms with van der Waals surface area (Å²) in [6, 6.07) is -0.168. The Morgan fingerprint density at radius 2 is 1.25 bits per heavy atom. The predicted molar refractivity (Wildman–Crippen MR) is 202 cm³/mol. The van der Waals surface area contributed by atoms with Gasteiger partial charge in [-0.2, -0.15) is 0 Å². The van der Waals surface area contributed by atoms with Crippen molar-refractivity contribution in [2.45, 2.75) is 223 Å². The third-order valence-corrected chi connectivity index (χ3v) is 12.1. The van der Waals surface area contributed by atoms with Crippen LogP contribution in [-0.2, 0) is 9.47 Å². The number of aliphatic hydroxyl groups is 5. The van der Waals surface area contributed by atoms with Crippen molar-refractivity contribution >= 4 is 0 Å². The summed E-state index contributed by atoms with van der Waals surface area (Å²) in [5.74, 6) is 1.39. The summed E-state index contributed by atoms with van der Waals surface area (Å²) in [5.41, 5.74) is 0. The molecule has 11 atom stereocenters. The van der Waals surface area contributed by atoms with Gasteiger partial charge >= 0.3 is 0 Å². The fourth-order valence-electron chi connectivity index (χ4n) is 8.29. The normalized spacial score (nSPS) is 30.6. The minimum absolute atomic E-state index is 0.0783. The summed E-state index contributed by atoms with van der Waals surface area (Å²) < 4.78 is 12.6. The third-order valence-electron chi connectivity index (χ3n) is 12.1. The van der Waals surface area contributed by atoms with E-state index in [1.54, 1.807) is 0 Å². The molecule has 10 nitrogen and oxygen atoms in total. The number of nitrogens with zero attached hydrogens (tertiary/aromatic N) is 1. The lowest BCUT2D eigenvalue weighted by Crippen LogP contribution is -2.59. The van der Waals surface area contributed by atoms with Crippen LogP contribution in [0.25, 0.3) is 0 Å². The first-order chi connectivity index (χ1) is 24.8. The monoisotopic (exact) mass is 728 g/mol. The quantitative estimate of drug-likeness (QED) is 0.0331. The highest BCUT2D eigenvalue weighted by molar-refractivity contribution is 4.90. The molecule has 0 bridgehead atoms. The van der Waals surface area contributed by atoms with Gasteiger partial charge in [-0.05, 0) is 31.1 Å². The Morgan fingerprint density at radius 1 is 0.745 bits per heavy atom. The van der Waals surface area contributed by atoms with Gasteiger partial charge in [-0.25, -0.2) is 5.32 Å². The molecular weight excluding hydrogens is 648 g/mol. The number of hydrogen-bond acceptors (Lipinski definition) is 9. The molecular formula is C41H79N2O8+. The molecule has 2 heterocycles. The summed E-state index contributed by atoms with van der Waals surface area (Å²) in [5, 5.41) is 55.3. The maximum Gasteiger partial charge on any atom is 0.262 e. The topological polar surface area (TPSA) is 152 Å². The van der Waals surface area contributed by atoms with Crippen molar-refractivity contribution in [3.8, 4) is 0 Å². The van der Waals surface area contributed by atoms with Crippen LogP contribution < -0.4 is 5.32 Å². The smallest absolute Gasteiger partial charge is 0.262 e. The van der Waals surface area contributed by atoms with Crippen molar-refractivity contribution in [3.63, 3.8) is 0 Å². The van der Waals surface area contributed by atoms with Crippen LogP contribution in [0.4, 0.5) is 0 Å². The largest absolute Gasteiger partial charge is 0.394 e. The maximum atomic E-state index is 13.6. The zero-order valence-electron chi connectivity index (χ0n) is 32.6. The molecule has 0 amide bonds. The van der Waals surface area contributed by atoms with Gasteiger partial charge in [0.2, 0.25) is 6.04 Å². The Bertz CT molecular complexity index is 896. The molecule has 6 N–H and O–H groups in total. The lowest BCUT2D eigenvalue weighted by Gasteiger charge is -2.40. The predicted octanol–water partition coefficient (Wildman–Crippen LogP) is 6.90. The zero-order chi connectivity index (χ0) is 36.8. The fraction of sp³-hybridized carbons (Fsp3) is 1.00. The van der Waals surface area contributed by atoms with Crippen LogP contribution >= 0.6 is 0 Å². The summed E-state index contributed by atoms with van der Waals surface area (Å²) in [4.78, 5) is 13.6. The minimum Gasteiger partial charge on any atom is -0.394 e. The second kappa shape index (κ2) is 26.1. The van der Waals surface area contributed by atoms with E-state index in [9.17, 15) is 30.4 Å². The molecule has 0 aromatic carbocycles. The second-order valence-electron chi connectivity index (χ2n) is 16.5.